The standard InChI is InChI=1S/C19H20N2O5S/c1-26-17-5-3-2-4-16(17)21-18(22)13-6-8-15(9-7-13)20-19(23)14-10-11-27(24,25)12-14/h2-9,14H,10-12H2,1H3,(H,20,23)(H,21,22)/t14-/m1/s1. The Balaban J connectivity index is 1.63. The monoisotopic (exact) mass is 388 g/mol. The number of amides is 2. The number of methoxy groups -OCH3 is 1. The van der Waals surface area contributed by atoms with Gasteiger partial charge < -0.3 is 15.4 Å². The Morgan fingerprint density at radius 3 is 2.37 bits per heavy atom. The molecule has 3 rings (SSSR count). The van der Waals surface area contributed by atoms with Crippen molar-refractivity contribution in [2.45, 2.75) is 6.42 Å². The van der Waals surface area contributed by atoms with Gasteiger partial charge in [0.05, 0.1) is 30.2 Å². The van der Waals surface area contributed by atoms with E-state index in [1.807, 2.05) is 6.07 Å². The first-order valence-corrected chi connectivity index (χ1v) is 10.3. The Kier molecular flexibility index (Phi) is 5.46. The molecule has 1 aliphatic rings. The van der Waals surface area contributed by atoms with Gasteiger partial charge in [-0.05, 0) is 42.8 Å². The topological polar surface area (TPSA) is 102 Å². The summed E-state index contributed by atoms with van der Waals surface area (Å²) in [7, 11) is -1.58. The van der Waals surface area contributed by atoms with Crippen LogP contribution >= 0.6 is 0 Å². The second-order valence-electron chi connectivity index (χ2n) is 6.32. The summed E-state index contributed by atoms with van der Waals surface area (Å²) in [5, 5.41) is 5.47. The number of hydrogen-bond acceptors (Lipinski definition) is 5. The summed E-state index contributed by atoms with van der Waals surface area (Å²) in [6.45, 7) is 0. The fourth-order valence-corrected chi connectivity index (χ4v) is 4.63. The van der Waals surface area contributed by atoms with Crippen LogP contribution in [0.2, 0.25) is 0 Å². The van der Waals surface area contributed by atoms with Crippen molar-refractivity contribution in [2.24, 2.45) is 5.92 Å². The minimum atomic E-state index is -3.11. The van der Waals surface area contributed by atoms with Gasteiger partial charge in [-0.25, -0.2) is 8.42 Å². The second-order valence-corrected chi connectivity index (χ2v) is 8.55. The third-order valence-electron chi connectivity index (χ3n) is 4.37. The molecule has 0 bridgehead atoms. The molecule has 1 aliphatic heterocycles. The van der Waals surface area contributed by atoms with E-state index < -0.39 is 15.8 Å². The molecule has 7 nitrogen and oxygen atoms in total. The van der Waals surface area contributed by atoms with Crippen molar-refractivity contribution in [3.8, 4) is 5.75 Å². The number of nitrogens with one attached hydrogen (secondary N) is 2. The smallest absolute Gasteiger partial charge is 0.255 e. The molecular weight excluding hydrogens is 368 g/mol. The van der Waals surface area contributed by atoms with Crippen molar-refractivity contribution in [1.82, 2.24) is 0 Å². The molecule has 1 heterocycles. The number of rotatable bonds is 5. The molecule has 2 aromatic rings. The molecule has 1 saturated heterocycles. The van der Waals surface area contributed by atoms with Crippen LogP contribution in [0.15, 0.2) is 48.5 Å². The minimum Gasteiger partial charge on any atom is -0.495 e. The Morgan fingerprint density at radius 1 is 1.04 bits per heavy atom. The molecule has 1 fully saturated rings. The zero-order valence-electron chi connectivity index (χ0n) is 14.8. The van der Waals surface area contributed by atoms with E-state index in [2.05, 4.69) is 10.6 Å². The highest BCUT2D eigenvalue weighted by Gasteiger charge is 2.32. The van der Waals surface area contributed by atoms with E-state index in [1.165, 1.54) is 7.11 Å². The van der Waals surface area contributed by atoms with Crippen molar-refractivity contribution in [1.29, 1.82) is 0 Å². The van der Waals surface area contributed by atoms with E-state index in [1.54, 1.807) is 42.5 Å². The van der Waals surface area contributed by atoms with Crippen LogP contribution in [0, 0.1) is 5.92 Å². The number of anilines is 2. The predicted molar refractivity (Wildman–Crippen MR) is 103 cm³/mol. The lowest BCUT2D eigenvalue weighted by molar-refractivity contribution is -0.119. The number of carbonyl (C=O) groups is 2. The first-order valence-electron chi connectivity index (χ1n) is 8.44. The lowest BCUT2D eigenvalue weighted by atomic mass is 10.1. The summed E-state index contributed by atoms with van der Waals surface area (Å²) in [6.07, 6.45) is 0.341. The first kappa shape index (κ1) is 18.9. The lowest BCUT2D eigenvalue weighted by Crippen LogP contribution is -2.23. The van der Waals surface area contributed by atoms with Crippen LogP contribution in [-0.4, -0.2) is 38.8 Å². The van der Waals surface area contributed by atoms with E-state index in [-0.39, 0.29) is 23.3 Å². The Bertz CT molecular complexity index is 954. The summed E-state index contributed by atoms with van der Waals surface area (Å²) in [6, 6.07) is 13.5. The van der Waals surface area contributed by atoms with E-state index in [0.29, 0.717) is 29.1 Å². The van der Waals surface area contributed by atoms with Gasteiger partial charge in [0.2, 0.25) is 5.91 Å². The van der Waals surface area contributed by atoms with Crippen molar-refractivity contribution in [3.05, 3.63) is 54.1 Å². The van der Waals surface area contributed by atoms with Gasteiger partial charge in [0, 0.05) is 11.3 Å². The molecule has 8 heteroatoms. The van der Waals surface area contributed by atoms with Crippen molar-refractivity contribution >= 4 is 33.0 Å². The zero-order valence-corrected chi connectivity index (χ0v) is 15.6. The van der Waals surface area contributed by atoms with Gasteiger partial charge in [-0.3, -0.25) is 9.59 Å². The van der Waals surface area contributed by atoms with Gasteiger partial charge in [-0.1, -0.05) is 12.1 Å². The molecule has 142 valence electrons. The van der Waals surface area contributed by atoms with E-state index in [9.17, 15) is 18.0 Å². The van der Waals surface area contributed by atoms with Crippen molar-refractivity contribution in [3.63, 3.8) is 0 Å². The maximum atomic E-state index is 12.4. The summed E-state index contributed by atoms with van der Waals surface area (Å²) in [5.41, 5.74) is 1.49. The Hall–Kier alpha value is -2.87. The van der Waals surface area contributed by atoms with E-state index >= 15 is 0 Å². The molecule has 27 heavy (non-hydrogen) atoms. The van der Waals surface area contributed by atoms with Gasteiger partial charge in [-0.2, -0.15) is 0 Å². The van der Waals surface area contributed by atoms with Crippen molar-refractivity contribution < 1.29 is 22.7 Å². The van der Waals surface area contributed by atoms with Crippen LogP contribution < -0.4 is 15.4 Å². The second kappa shape index (κ2) is 7.79. The molecule has 2 aromatic carbocycles. The minimum absolute atomic E-state index is 0.0488. The van der Waals surface area contributed by atoms with Crippen LogP contribution in [0.4, 0.5) is 11.4 Å². The van der Waals surface area contributed by atoms with Crippen LogP contribution in [0.5, 0.6) is 5.75 Å². The third-order valence-corrected chi connectivity index (χ3v) is 6.14. The summed E-state index contributed by atoms with van der Waals surface area (Å²) in [5.74, 6) is -0.655. The fourth-order valence-electron chi connectivity index (χ4n) is 2.89. The molecule has 0 saturated carbocycles. The van der Waals surface area contributed by atoms with Gasteiger partial charge in [-0.15, -0.1) is 0 Å². The van der Waals surface area contributed by atoms with Gasteiger partial charge in [0.15, 0.2) is 9.84 Å². The number of benzene rings is 2. The summed E-state index contributed by atoms with van der Waals surface area (Å²) < 4.78 is 28.2. The average molecular weight is 388 g/mol. The third kappa shape index (κ3) is 4.65. The quantitative estimate of drug-likeness (QED) is 0.819. The number of sulfone groups is 1. The SMILES string of the molecule is COc1ccccc1NC(=O)c1ccc(NC(=O)[C@@H]2CCS(=O)(=O)C2)cc1. The number of carbonyl (C=O) groups excluding carboxylic acids is 2. The highest BCUT2D eigenvalue weighted by Crippen LogP contribution is 2.24. The van der Waals surface area contributed by atoms with E-state index in [0.717, 1.165) is 0 Å². The van der Waals surface area contributed by atoms with Crippen LogP contribution in [-0.2, 0) is 14.6 Å². The molecule has 0 aliphatic carbocycles. The molecule has 2 N–H and O–H groups in total. The molecule has 0 unspecified atom stereocenters. The van der Waals surface area contributed by atoms with Gasteiger partial charge >= 0.3 is 0 Å². The predicted octanol–water partition coefficient (Wildman–Crippen LogP) is 2.32. The maximum Gasteiger partial charge on any atom is 0.255 e. The molecule has 0 aromatic heterocycles. The van der Waals surface area contributed by atoms with Crippen LogP contribution in [0.25, 0.3) is 0 Å². The largest absolute Gasteiger partial charge is 0.495 e. The first-order chi connectivity index (χ1) is 12.9. The molecular formula is C19H20N2O5S. The number of para-hydroxylation sites is 2. The maximum absolute atomic E-state index is 12.4. The molecule has 1 atom stereocenters. The average Bonchev–Trinajstić information content (AvgIpc) is 3.02. The fraction of sp³-hybridized carbons (Fsp3) is 0.263. The lowest BCUT2D eigenvalue weighted by Gasteiger charge is -2.11. The van der Waals surface area contributed by atoms with Crippen molar-refractivity contribution in [2.75, 3.05) is 29.2 Å². The Labute approximate surface area is 157 Å². The van der Waals surface area contributed by atoms with E-state index in [4.69, 9.17) is 4.74 Å². The Morgan fingerprint density at radius 2 is 1.74 bits per heavy atom. The number of ether oxygens (including phenoxy) is 1. The number of hydrogen-bond donors (Lipinski definition) is 2. The summed E-state index contributed by atoms with van der Waals surface area (Å²) in [4.78, 5) is 24.5. The van der Waals surface area contributed by atoms with Crippen LogP contribution in [0.3, 0.4) is 0 Å². The van der Waals surface area contributed by atoms with Crippen LogP contribution in [0.1, 0.15) is 16.8 Å². The summed E-state index contributed by atoms with van der Waals surface area (Å²) >= 11 is 0. The van der Waals surface area contributed by atoms with Gasteiger partial charge in [0.1, 0.15) is 5.75 Å². The molecule has 0 radical (unpaired) electrons. The zero-order chi connectivity index (χ0) is 19.4. The highest BCUT2D eigenvalue weighted by atomic mass is 32.2. The molecule has 0 spiro atoms. The normalized spacial score (nSPS) is 17.9. The molecule has 2 amide bonds. The van der Waals surface area contributed by atoms with Gasteiger partial charge in [0.25, 0.3) is 5.91 Å². The highest BCUT2D eigenvalue weighted by molar-refractivity contribution is 7.91.